The number of aliphatic carboxylic acids is 1. The van der Waals surface area contributed by atoms with Crippen LogP contribution in [0.4, 0.5) is 0 Å². The first-order valence-corrected chi connectivity index (χ1v) is 8.16. The summed E-state index contributed by atoms with van der Waals surface area (Å²) in [6.07, 6.45) is 2.22. The third-order valence-electron chi connectivity index (χ3n) is 3.66. The molecular formula is C14H18NO4S-. The first-order valence-electron chi connectivity index (χ1n) is 6.68. The Labute approximate surface area is 119 Å². The van der Waals surface area contributed by atoms with E-state index in [4.69, 9.17) is 0 Å². The number of carboxylic acids is 1. The Hall–Kier alpha value is -1.40. The number of hydrogen-bond donors (Lipinski definition) is 1. The molecule has 0 unspecified atom stereocenters. The third kappa shape index (κ3) is 3.58. The predicted molar refractivity (Wildman–Crippen MR) is 72.3 cm³/mol. The molecule has 0 radical (unpaired) electrons. The zero-order valence-corrected chi connectivity index (χ0v) is 12.2. The number of carbonyl (C=O) groups is 1. The molecule has 1 N–H and O–H groups in total. The summed E-state index contributed by atoms with van der Waals surface area (Å²) in [4.78, 5) is 11.1. The molecule has 1 aromatic rings. The molecule has 1 aromatic carbocycles. The van der Waals surface area contributed by atoms with Gasteiger partial charge in [-0.1, -0.05) is 24.1 Å². The van der Waals surface area contributed by atoms with E-state index in [2.05, 4.69) is 4.72 Å². The first-order chi connectivity index (χ1) is 9.38. The quantitative estimate of drug-likeness (QED) is 0.880. The van der Waals surface area contributed by atoms with Crippen LogP contribution in [-0.4, -0.2) is 20.4 Å². The van der Waals surface area contributed by atoms with E-state index in [1.165, 1.54) is 0 Å². The van der Waals surface area contributed by atoms with Gasteiger partial charge >= 0.3 is 0 Å². The van der Waals surface area contributed by atoms with Crippen molar-refractivity contribution in [3.63, 3.8) is 0 Å². The van der Waals surface area contributed by atoms with E-state index in [1.807, 2.05) is 6.92 Å². The molecule has 2 rings (SSSR count). The van der Waals surface area contributed by atoms with Gasteiger partial charge in [0.05, 0.1) is 4.90 Å². The van der Waals surface area contributed by atoms with Gasteiger partial charge in [0, 0.05) is 17.9 Å². The average molecular weight is 296 g/mol. The van der Waals surface area contributed by atoms with E-state index in [0.29, 0.717) is 25.7 Å². The largest absolute Gasteiger partial charge is 0.550 e. The van der Waals surface area contributed by atoms with Crippen LogP contribution in [0.1, 0.15) is 31.2 Å². The molecule has 0 amide bonds. The number of aryl methyl sites for hydroxylation is 1. The normalized spacial score (nSPS) is 23.4. The molecule has 20 heavy (non-hydrogen) atoms. The third-order valence-corrected chi connectivity index (χ3v) is 5.20. The summed E-state index contributed by atoms with van der Waals surface area (Å²) in [5.74, 6) is -1.65. The SMILES string of the molecule is Cc1ccc(S(=O)(=O)N[C@@H]2CCC[C@@H](C(=O)[O-])C2)cc1. The average Bonchev–Trinajstić information content (AvgIpc) is 2.39. The minimum atomic E-state index is -3.59. The first kappa shape index (κ1) is 15.0. The molecule has 1 fully saturated rings. The monoisotopic (exact) mass is 296 g/mol. The van der Waals surface area contributed by atoms with Gasteiger partial charge in [0.2, 0.25) is 10.0 Å². The highest BCUT2D eigenvalue weighted by molar-refractivity contribution is 7.89. The van der Waals surface area contributed by atoms with Gasteiger partial charge in [0.25, 0.3) is 0 Å². The van der Waals surface area contributed by atoms with Crippen LogP contribution in [0.2, 0.25) is 0 Å². The molecule has 0 aliphatic heterocycles. The van der Waals surface area contributed by atoms with Crippen molar-refractivity contribution in [1.82, 2.24) is 4.72 Å². The number of carboxylic acid groups (broad SMARTS) is 1. The lowest BCUT2D eigenvalue weighted by Crippen LogP contribution is -2.42. The summed E-state index contributed by atoms with van der Waals surface area (Å²) in [6.45, 7) is 1.88. The van der Waals surface area contributed by atoms with Gasteiger partial charge < -0.3 is 9.90 Å². The van der Waals surface area contributed by atoms with Crippen molar-refractivity contribution in [2.45, 2.75) is 43.5 Å². The molecule has 0 aromatic heterocycles. The zero-order chi connectivity index (χ0) is 14.8. The molecule has 0 heterocycles. The number of benzene rings is 1. The van der Waals surface area contributed by atoms with E-state index in [1.54, 1.807) is 24.3 Å². The van der Waals surface area contributed by atoms with Crippen LogP contribution in [0.3, 0.4) is 0 Å². The van der Waals surface area contributed by atoms with Crippen LogP contribution in [-0.2, 0) is 14.8 Å². The van der Waals surface area contributed by atoms with Crippen LogP contribution in [0.25, 0.3) is 0 Å². The highest BCUT2D eigenvalue weighted by Crippen LogP contribution is 2.25. The predicted octanol–water partition coefficient (Wildman–Crippen LogP) is 0.582. The fraction of sp³-hybridized carbons (Fsp3) is 0.500. The van der Waals surface area contributed by atoms with Gasteiger partial charge in [-0.3, -0.25) is 0 Å². The topological polar surface area (TPSA) is 86.3 Å². The molecule has 0 bridgehead atoms. The number of rotatable bonds is 4. The van der Waals surface area contributed by atoms with Crippen molar-refractivity contribution in [3.8, 4) is 0 Å². The number of carbonyl (C=O) groups excluding carboxylic acids is 1. The van der Waals surface area contributed by atoms with Crippen molar-refractivity contribution in [2.24, 2.45) is 5.92 Å². The van der Waals surface area contributed by atoms with E-state index in [0.717, 1.165) is 5.56 Å². The van der Waals surface area contributed by atoms with Crippen LogP contribution in [0.5, 0.6) is 0 Å². The maximum absolute atomic E-state index is 12.2. The maximum Gasteiger partial charge on any atom is 0.240 e. The molecule has 0 spiro atoms. The molecule has 1 aliphatic rings. The summed E-state index contributed by atoms with van der Waals surface area (Å²) < 4.78 is 27.0. The van der Waals surface area contributed by atoms with E-state index in [-0.39, 0.29) is 10.9 Å². The van der Waals surface area contributed by atoms with Gasteiger partial charge in [-0.05, 0) is 38.3 Å². The van der Waals surface area contributed by atoms with Crippen molar-refractivity contribution in [3.05, 3.63) is 29.8 Å². The second-order valence-electron chi connectivity index (χ2n) is 5.31. The van der Waals surface area contributed by atoms with Crippen molar-refractivity contribution < 1.29 is 18.3 Å². The summed E-state index contributed by atoms with van der Waals surface area (Å²) in [7, 11) is -3.59. The maximum atomic E-state index is 12.2. The Morgan fingerprint density at radius 3 is 2.50 bits per heavy atom. The minimum absolute atomic E-state index is 0.207. The van der Waals surface area contributed by atoms with E-state index < -0.39 is 21.9 Å². The lowest BCUT2D eigenvalue weighted by Gasteiger charge is -2.30. The highest BCUT2D eigenvalue weighted by Gasteiger charge is 2.26. The van der Waals surface area contributed by atoms with Gasteiger partial charge in [-0.15, -0.1) is 0 Å². The Bertz CT molecular complexity index is 580. The highest BCUT2D eigenvalue weighted by atomic mass is 32.2. The van der Waals surface area contributed by atoms with Crippen LogP contribution in [0, 0.1) is 12.8 Å². The van der Waals surface area contributed by atoms with Gasteiger partial charge in [-0.2, -0.15) is 0 Å². The molecule has 1 aliphatic carbocycles. The second kappa shape index (κ2) is 5.93. The van der Waals surface area contributed by atoms with Gasteiger partial charge in [0.1, 0.15) is 0 Å². The van der Waals surface area contributed by atoms with Crippen molar-refractivity contribution >= 4 is 16.0 Å². The fourth-order valence-corrected chi connectivity index (χ4v) is 3.80. The van der Waals surface area contributed by atoms with Crippen molar-refractivity contribution in [1.29, 1.82) is 0 Å². The summed E-state index contributed by atoms with van der Waals surface area (Å²) >= 11 is 0. The van der Waals surface area contributed by atoms with Crippen LogP contribution in [0.15, 0.2) is 29.2 Å². The number of sulfonamides is 1. The van der Waals surface area contributed by atoms with E-state index in [9.17, 15) is 18.3 Å². The molecule has 6 heteroatoms. The summed E-state index contributed by atoms with van der Waals surface area (Å²) in [5.41, 5.74) is 0.985. The lowest BCUT2D eigenvalue weighted by molar-refractivity contribution is -0.312. The fourth-order valence-electron chi connectivity index (χ4n) is 2.52. The van der Waals surface area contributed by atoms with Gasteiger partial charge in [-0.25, -0.2) is 13.1 Å². The number of nitrogens with one attached hydrogen (secondary N) is 1. The Morgan fingerprint density at radius 2 is 1.90 bits per heavy atom. The van der Waals surface area contributed by atoms with Crippen LogP contribution < -0.4 is 9.83 Å². The lowest BCUT2D eigenvalue weighted by atomic mass is 9.86. The van der Waals surface area contributed by atoms with E-state index >= 15 is 0 Å². The summed E-state index contributed by atoms with van der Waals surface area (Å²) in [6, 6.07) is 6.24. The summed E-state index contributed by atoms with van der Waals surface area (Å²) in [5, 5.41) is 10.9. The smallest absolute Gasteiger partial charge is 0.240 e. The molecule has 0 saturated heterocycles. The number of hydrogen-bond acceptors (Lipinski definition) is 4. The molecule has 1 saturated carbocycles. The van der Waals surface area contributed by atoms with Crippen LogP contribution >= 0.6 is 0 Å². The minimum Gasteiger partial charge on any atom is -0.550 e. The molecule has 5 nitrogen and oxygen atoms in total. The van der Waals surface area contributed by atoms with Gasteiger partial charge in [0.15, 0.2) is 0 Å². The zero-order valence-electron chi connectivity index (χ0n) is 11.3. The Balaban J connectivity index is 2.08. The Morgan fingerprint density at radius 1 is 1.25 bits per heavy atom. The standard InChI is InChI=1S/C14H19NO4S/c1-10-5-7-13(8-6-10)20(18,19)15-12-4-2-3-11(9-12)14(16)17/h5-8,11-12,15H,2-4,9H2,1H3,(H,16,17)/p-1/t11-,12-/m1/s1. The molecular weight excluding hydrogens is 278 g/mol. The molecule has 110 valence electrons. The second-order valence-corrected chi connectivity index (χ2v) is 7.03. The Kier molecular flexibility index (Phi) is 4.45. The van der Waals surface area contributed by atoms with Crippen molar-refractivity contribution in [2.75, 3.05) is 0 Å². The molecule has 2 atom stereocenters.